The third kappa shape index (κ3) is 5.73. The first-order valence-electron chi connectivity index (χ1n) is 13.2. The molecule has 2 heterocycles. The van der Waals surface area contributed by atoms with Gasteiger partial charge in [-0.1, -0.05) is 44.2 Å². The molecule has 218 valence electrons. The maximum Gasteiger partial charge on any atom is 0.573 e. The summed E-state index contributed by atoms with van der Waals surface area (Å²) in [6, 6.07) is 12.5. The van der Waals surface area contributed by atoms with Crippen molar-refractivity contribution >= 4 is 29.2 Å². The summed E-state index contributed by atoms with van der Waals surface area (Å²) in [6.45, 7) is 4.10. The molecule has 2 aliphatic carbocycles. The molecule has 0 spiro atoms. The van der Waals surface area contributed by atoms with Crippen molar-refractivity contribution in [2.45, 2.75) is 32.0 Å². The van der Waals surface area contributed by atoms with Gasteiger partial charge in [0.15, 0.2) is 0 Å². The fraction of sp³-hybridized carbons (Fsp3) is 0.161. The van der Waals surface area contributed by atoms with Crippen molar-refractivity contribution in [3.05, 3.63) is 112 Å². The van der Waals surface area contributed by atoms with Gasteiger partial charge in [0.25, 0.3) is 0 Å². The number of carbonyl (C=O) groups excluding carboxylic acids is 1. The van der Waals surface area contributed by atoms with Gasteiger partial charge in [-0.15, -0.1) is 24.5 Å². The molecule has 43 heavy (non-hydrogen) atoms. The number of benzene rings is 2. The summed E-state index contributed by atoms with van der Waals surface area (Å²) in [7, 11) is 0. The molecule has 1 unspecified atom stereocenters. The monoisotopic (exact) mass is 603 g/mol. The van der Waals surface area contributed by atoms with Crippen LogP contribution in [0.5, 0.6) is 11.6 Å². The van der Waals surface area contributed by atoms with E-state index < -0.39 is 12.4 Å². The number of aromatic nitrogens is 3. The predicted octanol–water partition coefficient (Wildman–Crippen LogP) is 7.22. The van der Waals surface area contributed by atoms with Crippen molar-refractivity contribution in [3.8, 4) is 23.0 Å². The molecule has 8 nitrogen and oxygen atoms in total. The Balaban J connectivity index is 1.25. The lowest BCUT2D eigenvalue weighted by Crippen LogP contribution is -2.17. The first-order chi connectivity index (χ1) is 20.6. The maximum atomic E-state index is 12.9. The van der Waals surface area contributed by atoms with Crippen molar-refractivity contribution in [2.75, 3.05) is 0 Å². The molecule has 2 aromatic heterocycles. The summed E-state index contributed by atoms with van der Waals surface area (Å²) >= 11 is 1.14. The molecular weight excluding hydrogens is 579 g/mol. The van der Waals surface area contributed by atoms with Gasteiger partial charge in [0.05, 0.1) is 28.2 Å². The number of hydrogen-bond donors (Lipinski definition) is 1. The number of thiazole rings is 1. The number of hydrogen-bond acceptors (Lipinski definition) is 5. The van der Waals surface area contributed by atoms with Crippen molar-refractivity contribution in [1.82, 2.24) is 14.1 Å². The molecule has 2 amide bonds. The normalized spacial score (nSPS) is 17.3. The molecule has 0 fully saturated rings. The summed E-state index contributed by atoms with van der Waals surface area (Å²) < 4.78 is 44.8. The molecule has 0 radical (unpaired) electrons. The van der Waals surface area contributed by atoms with Crippen LogP contribution in [-0.2, 0) is 0 Å². The van der Waals surface area contributed by atoms with Gasteiger partial charge >= 0.3 is 12.4 Å². The number of nitrogens with zero attached hydrogens (tertiary/aromatic N) is 5. The van der Waals surface area contributed by atoms with Crippen LogP contribution in [0.25, 0.3) is 17.5 Å². The Bertz CT molecular complexity index is 1910. The van der Waals surface area contributed by atoms with Crippen LogP contribution in [0.4, 0.5) is 18.0 Å². The second-order valence-electron chi connectivity index (χ2n) is 10.1. The number of para-hydroxylation sites is 1. The Labute approximate surface area is 247 Å². The average Bonchev–Trinajstić information content (AvgIpc) is 3.55. The number of ether oxygens (including phenoxy) is 1. The van der Waals surface area contributed by atoms with E-state index in [0.717, 1.165) is 39.5 Å². The fourth-order valence-electron chi connectivity index (χ4n) is 5.06. The van der Waals surface area contributed by atoms with Crippen LogP contribution in [0, 0.1) is 0 Å². The van der Waals surface area contributed by atoms with E-state index in [9.17, 15) is 23.1 Å². The number of urea groups is 1. The Morgan fingerprint density at radius 1 is 1.07 bits per heavy atom. The maximum absolute atomic E-state index is 12.9. The number of allylic oxidation sites excluding steroid dienone is 5. The van der Waals surface area contributed by atoms with Crippen LogP contribution < -0.4 is 9.54 Å². The summed E-state index contributed by atoms with van der Waals surface area (Å²) in [6.07, 6.45) is 5.99. The Morgan fingerprint density at radius 2 is 1.84 bits per heavy atom. The van der Waals surface area contributed by atoms with Gasteiger partial charge in [-0.3, -0.25) is 9.13 Å². The highest BCUT2D eigenvalue weighted by Crippen LogP contribution is 2.37. The SMILES string of the molecule is CC(C)c1ccccc1-n1c(O)cs/c1=N\C(=O)/N=C1\C=CC2C(=C1)C=Cc1c2ncn1-c1ccc(OC(F)(F)F)cc1. The average molecular weight is 604 g/mol. The lowest BCUT2D eigenvalue weighted by atomic mass is 9.85. The molecule has 0 aliphatic heterocycles. The summed E-state index contributed by atoms with van der Waals surface area (Å²) in [5.74, 6) is -0.329. The van der Waals surface area contributed by atoms with E-state index in [1.165, 1.54) is 29.6 Å². The zero-order valence-electron chi connectivity index (χ0n) is 22.9. The summed E-state index contributed by atoms with van der Waals surface area (Å²) in [4.78, 5) is 26.1. The van der Waals surface area contributed by atoms with Crippen molar-refractivity contribution in [1.29, 1.82) is 0 Å². The highest BCUT2D eigenvalue weighted by Gasteiger charge is 2.31. The van der Waals surface area contributed by atoms with Gasteiger partial charge in [-0.2, -0.15) is 9.98 Å². The van der Waals surface area contributed by atoms with E-state index in [4.69, 9.17) is 0 Å². The van der Waals surface area contributed by atoms with Crippen molar-refractivity contribution in [2.24, 2.45) is 9.98 Å². The molecule has 1 atom stereocenters. The second kappa shape index (κ2) is 11.0. The number of fused-ring (bicyclic) bond motifs is 3. The number of carbonyl (C=O) groups is 1. The van der Waals surface area contributed by atoms with Crippen LogP contribution >= 0.6 is 11.3 Å². The molecule has 12 heteroatoms. The quantitative estimate of drug-likeness (QED) is 0.267. The highest BCUT2D eigenvalue weighted by molar-refractivity contribution is 7.07. The number of aliphatic imine (C=N–C) groups is 1. The van der Waals surface area contributed by atoms with Gasteiger partial charge in [-0.25, -0.2) is 9.78 Å². The molecule has 2 aliphatic rings. The molecule has 0 saturated carbocycles. The first kappa shape index (κ1) is 28.2. The van der Waals surface area contributed by atoms with Crippen LogP contribution in [0.15, 0.2) is 100 Å². The minimum Gasteiger partial charge on any atom is -0.494 e. The third-order valence-electron chi connectivity index (χ3n) is 6.95. The number of halogens is 3. The molecule has 4 aromatic rings. The van der Waals surface area contributed by atoms with Crippen molar-refractivity contribution in [3.63, 3.8) is 0 Å². The molecule has 0 saturated heterocycles. The lowest BCUT2D eigenvalue weighted by molar-refractivity contribution is -0.274. The van der Waals surface area contributed by atoms with E-state index in [2.05, 4.69) is 19.7 Å². The van der Waals surface area contributed by atoms with E-state index in [-0.39, 0.29) is 23.5 Å². The minimum atomic E-state index is -4.76. The fourth-order valence-corrected chi connectivity index (χ4v) is 5.80. The largest absolute Gasteiger partial charge is 0.573 e. The third-order valence-corrected chi connectivity index (χ3v) is 7.76. The summed E-state index contributed by atoms with van der Waals surface area (Å²) in [5.41, 5.74) is 5.20. The van der Waals surface area contributed by atoms with E-state index in [0.29, 0.717) is 16.2 Å². The van der Waals surface area contributed by atoms with E-state index in [1.807, 2.05) is 56.3 Å². The van der Waals surface area contributed by atoms with Gasteiger partial charge in [0.2, 0.25) is 10.7 Å². The second-order valence-corrected chi connectivity index (χ2v) is 10.9. The van der Waals surface area contributed by atoms with E-state index in [1.54, 1.807) is 27.6 Å². The Hall–Kier alpha value is -4.97. The number of amides is 2. The first-order valence-corrected chi connectivity index (χ1v) is 14.1. The van der Waals surface area contributed by atoms with Gasteiger partial charge in [-0.05, 0) is 65.6 Å². The zero-order valence-corrected chi connectivity index (χ0v) is 23.7. The number of aromatic hydroxyl groups is 1. The van der Waals surface area contributed by atoms with Crippen LogP contribution in [-0.4, -0.2) is 37.3 Å². The number of alkyl halides is 3. The molecule has 0 bridgehead atoms. The van der Waals surface area contributed by atoms with Crippen LogP contribution in [0.3, 0.4) is 0 Å². The van der Waals surface area contributed by atoms with Crippen LogP contribution in [0.2, 0.25) is 0 Å². The lowest BCUT2D eigenvalue weighted by Gasteiger charge is -2.21. The highest BCUT2D eigenvalue weighted by atomic mass is 32.1. The zero-order chi connectivity index (χ0) is 30.3. The minimum absolute atomic E-state index is 0.0204. The predicted molar refractivity (Wildman–Crippen MR) is 157 cm³/mol. The number of rotatable bonds is 4. The topological polar surface area (TPSA) is 94.0 Å². The molecule has 6 rings (SSSR count). The smallest absolute Gasteiger partial charge is 0.494 e. The standard InChI is InChI=1S/C31H24F3N5O3S/c1-18(2)23-5-3-4-6-25(23)39-27(40)16-43-30(39)37-29(41)36-20-8-13-24-19(15-20)7-14-26-28(24)35-17-38(26)21-9-11-22(12-10-21)42-31(32,33)34/h3-18,24,40H,1-2H3/b36-20+,37-30-. The molecule has 1 N–H and O–H groups in total. The Morgan fingerprint density at radius 3 is 2.58 bits per heavy atom. The summed E-state index contributed by atoms with van der Waals surface area (Å²) in [5, 5.41) is 12.1. The Kier molecular flexibility index (Phi) is 7.22. The van der Waals surface area contributed by atoms with Gasteiger partial charge in [0.1, 0.15) is 12.1 Å². The molecule has 2 aromatic carbocycles. The van der Waals surface area contributed by atoms with E-state index >= 15 is 0 Å². The number of imidazole rings is 1. The van der Waals surface area contributed by atoms with Gasteiger partial charge < -0.3 is 9.84 Å². The van der Waals surface area contributed by atoms with Gasteiger partial charge in [0, 0.05) is 11.6 Å². The van der Waals surface area contributed by atoms with Crippen LogP contribution in [0.1, 0.15) is 42.6 Å². The van der Waals surface area contributed by atoms with Crippen molar-refractivity contribution < 1.29 is 27.8 Å². The molecular formula is C31H24F3N5O3S.